The number of nitriles is 1. The summed E-state index contributed by atoms with van der Waals surface area (Å²) in [6, 6.07) is 2.23. The zero-order chi connectivity index (χ0) is 13.0. The van der Waals surface area contributed by atoms with Crippen LogP contribution in [0.4, 0.5) is 5.82 Å². The van der Waals surface area contributed by atoms with Gasteiger partial charge in [-0.25, -0.2) is 0 Å². The summed E-state index contributed by atoms with van der Waals surface area (Å²) in [5.74, 6) is 1.73. The first-order valence-corrected chi connectivity index (χ1v) is 6.90. The van der Waals surface area contributed by atoms with Gasteiger partial charge in [-0.15, -0.1) is 0 Å². The molecule has 1 N–H and O–H groups in total. The third-order valence-corrected chi connectivity index (χ3v) is 3.90. The first kappa shape index (κ1) is 12.9. The molecule has 0 radical (unpaired) electrons. The van der Waals surface area contributed by atoms with Crippen LogP contribution in [0.15, 0.2) is 0 Å². The molecule has 0 amide bonds. The van der Waals surface area contributed by atoms with Crippen molar-refractivity contribution >= 4 is 5.82 Å². The van der Waals surface area contributed by atoms with Crippen molar-refractivity contribution in [1.29, 1.82) is 5.26 Å². The molecule has 1 aliphatic carbocycles. The molecule has 1 aromatic heterocycles. The minimum atomic E-state index is 0.682. The van der Waals surface area contributed by atoms with Crippen LogP contribution in [0.3, 0.4) is 0 Å². The van der Waals surface area contributed by atoms with Crippen molar-refractivity contribution in [2.45, 2.75) is 45.4 Å². The lowest BCUT2D eigenvalue weighted by Crippen LogP contribution is -2.14. The molecule has 0 saturated heterocycles. The minimum absolute atomic E-state index is 0.682. The molecule has 4 heteroatoms. The molecule has 18 heavy (non-hydrogen) atoms. The van der Waals surface area contributed by atoms with Crippen LogP contribution in [0, 0.1) is 24.2 Å². The van der Waals surface area contributed by atoms with Crippen LogP contribution in [0.1, 0.15) is 49.8 Å². The Morgan fingerprint density at radius 1 is 1.39 bits per heavy atom. The Morgan fingerprint density at radius 2 is 2.11 bits per heavy atom. The molecule has 0 bridgehead atoms. The smallest absolute Gasteiger partial charge is 0.142 e. The first-order valence-electron chi connectivity index (χ1n) is 6.90. The number of aromatic nitrogens is 2. The van der Waals surface area contributed by atoms with Crippen molar-refractivity contribution in [3.8, 4) is 6.07 Å². The van der Waals surface area contributed by atoms with Gasteiger partial charge in [-0.05, 0) is 19.3 Å². The van der Waals surface area contributed by atoms with E-state index >= 15 is 0 Å². The van der Waals surface area contributed by atoms with Crippen LogP contribution in [0.5, 0.6) is 0 Å². The van der Waals surface area contributed by atoms with E-state index < -0.39 is 0 Å². The predicted molar refractivity (Wildman–Crippen MR) is 72.3 cm³/mol. The second-order valence-electron chi connectivity index (χ2n) is 5.26. The van der Waals surface area contributed by atoms with Crippen LogP contribution in [0.2, 0.25) is 0 Å². The molecule has 1 saturated carbocycles. The molecule has 1 fully saturated rings. The topological polar surface area (TPSA) is 53.6 Å². The molecule has 1 aromatic rings. The molecule has 0 unspecified atom stereocenters. The van der Waals surface area contributed by atoms with Crippen LogP contribution < -0.4 is 5.32 Å². The van der Waals surface area contributed by atoms with Crippen molar-refractivity contribution in [3.63, 3.8) is 0 Å². The van der Waals surface area contributed by atoms with E-state index in [-0.39, 0.29) is 0 Å². The number of aryl methyl sites for hydroxylation is 2. The standard InChI is InChI=1S/C14H22N4/c1-11-13(10-15)14(18(2)17-11)16-9-8-12-6-4-3-5-7-12/h12,16H,3-9H2,1-2H3. The molecule has 1 aliphatic rings. The summed E-state index contributed by atoms with van der Waals surface area (Å²) in [6.45, 7) is 2.82. The van der Waals surface area contributed by atoms with Crippen LogP contribution in [-0.2, 0) is 7.05 Å². The fourth-order valence-corrected chi connectivity index (χ4v) is 2.87. The van der Waals surface area contributed by atoms with Crippen LogP contribution in [0.25, 0.3) is 0 Å². The van der Waals surface area contributed by atoms with E-state index in [1.165, 1.54) is 38.5 Å². The van der Waals surface area contributed by atoms with E-state index in [0.717, 1.165) is 24.0 Å². The lowest BCUT2D eigenvalue weighted by atomic mass is 9.87. The third-order valence-electron chi connectivity index (χ3n) is 3.90. The second-order valence-corrected chi connectivity index (χ2v) is 5.26. The first-order chi connectivity index (χ1) is 8.72. The number of nitrogens with one attached hydrogen (secondary N) is 1. The van der Waals surface area contributed by atoms with Crippen LogP contribution >= 0.6 is 0 Å². The predicted octanol–water partition coefficient (Wildman–Crippen LogP) is 2.98. The van der Waals surface area contributed by atoms with Gasteiger partial charge in [0.15, 0.2) is 0 Å². The normalized spacial score (nSPS) is 16.5. The Hall–Kier alpha value is -1.50. The van der Waals surface area contributed by atoms with Crippen molar-refractivity contribution in [2.75, 3.05) is 11.9 Å². The second kappa shape index (κ2) is 5.90. The summed E-state index contributed by atoms with van der Waals surface area (Å²) >= 11 is 0. The van der Waals surface area contributed by atoms with Gasteiger partial charge in [-0.3, -0.25) is 4.68 Å². The van der Waals surface area contributed by atoms with Crippen molar-refractivity contribution in [2.24, 2.45) is 13.0 Å². The van der Waals surface area contributed by atoms with E-state index in [9.17, 15) is 0 Å². The molecule has 4 nitrogen and oxygen atoms in total. The summed E-state index contributed by atoms with van der Waals surface area (Å²) in [5.41, 5.74) is 1.49. The summed E-state index contributed by atoms with van der Waals surface area (Å²) in [6.07, 6.45) is 8.13. The highest BCUT2D eigenvalue weighted by atomic mass is 15.3. The van der Waals surface area contributed by atoms with Gasteiger partial charge < -0.3 is 5.32 Å². The molecule has 1 heterocycles. The number of anilines is 1. The summed E-state index contributed by atoms with van der Waals surface area (Å²) in [5, 5.41) is 16.8. The van der Waals surface area contributed by atoms with Gasteiger partial charge in [-0.1, -0.05) is 32.1 Å². The van der Waals surface area contributed by atoms with Crippen molar-refractivity contribution < 1.29 is 0 Å². The molecule has 0 spiro atoms. The van der Waals surface area contributed by atoms with Gasteiger partial charge in [0.05, 0.1) is 5.69 Å². The average molecular weight is 246 g/mol. The third kappa shape index (κ3) is 2.84. The minimum Gasteiger partial charge on any atom is -0.369 e. The molecule has 2 rings (SSSR count). The molecule has 0 aromatic carbocycles. The highest BCUT2D eigenvalue weighted by molar-refractivity contribution is 5.54. The van der Waals surface area contributed by atoms with Gasteiger partial charge >= 0.3 is 0 Å². The Morgan fingerprint density at radius 3 is 2.78 bits per heavy atom. The molecular weight excluding hydrogens is 224 g/mol. The molecule has 98 valence electrons. The fraction of sp³-hybridized carbons (Fsp3) is 0.714. The lowest BCUT2D eigenvalue weighted by molar-refractivity contribution is 0.345. The number of nitrogens with zero attached hydrogens (tertiary/aromatic N) is 3. The van der Waals surface area contributed by atoms with E-state index in [2.05, 4.69) is 16.5 Å². The fourth-order valence-electron chi connectivity index (χ4n) is 2.87. The van der Waals surface area contributed by atoms with Gasteiger partial charge in [0.25, 0.3) is 0 Å². The largest absolute Gasteiger partial charge is 0.369 e. The molecule has 0 atom stereocenters. The van der Waals surface area contributed by atoms with Gasteiger partial charge in [-0.2, -0.15) is 10.4 Å². The Kier molecular flexibility index (Phi) is 4.24. The molecule has 0 aliphatic heterocycles. The Labute approximate surface area is 109 Å². The van der Waals surface area contributed by atoms with Gasteiger partial charge in [0, 0.05) is 13.6 Å². The van der Waals surface area contributed by atoms with E-state index in [0.29, 0.717) is 5.56 Å². The molecular formula is C14H22N4. The Bertz CT molecular complexity index is 435. The Balaban J connectivity index is 1.88. The van der Waals surface area contributed by atoms with E-state index in [1.54, 1.807) is 4.68 Å². The number of hydrogen-bond acceptors (Lipinski definition) is 3. The monoisotopic (exact) mass is 246 g/mol. The van der Waals surface area contributed by atoms with Gasteiger partial charge in [0.2, 0.25) is 0 Å². The maximum Gasteiger partial charge on any atom is 0.142 e. The SMILES string of the molecule is Cc1nn(C)c(NCCC2CCCCC2)c1C#N. The zero-order valence-electron chi connectivity index (χ0n) is 11.4. The van der Waals surface area contributed by atoms with Crippen molar-refractivity contribution in [1.82, 2.24) is 9.78 Å². The number of hydrogen-bond donors (Lipinski definition) is 1. The van der Waals surface area contributed by atoms with Crippen molar-refractivity contribution in [3.05, 3.63) is 11.3 Å². The lowest BCUT2D eigenvalue weighted by Gasteiger charge is -2.21. The van der Waals surface area contributed by atoms with E-state index in [4.69, 9.17) is 5.26 Å². The van der Waals surface area contributed by atoms with Gasteiger partial charge in [0.1, 0.15) is 17.5 Å². The zero-order valence-corrected chi connectivity index (χ0v) is 11.4. The average Bonchev–Trinajstić information content (AvgIpc) is 2.65. The van der Waals surface area contributed by atoms with E-state index in [1.807, 2.05) is 14.0 Å². The van der Waals surface area contributed by atoms with Crippen LogP contribution in [-0.4, -0.2) is 16.3 Å². The summed E-state index contributed by atoms with van der Waals surface area (Å²) in [4.78, 5) is 0. The summed E-state index contributed by atoms with van der Waals surface area (Å²) < 4.78 is 1.77. The highest BCUT2D eigenvalue weighted by Crippen LogP contribution is 2.26. The summed E-state index contributed by atoms with van der Waals surface area (Å²) in [7, 11) is 1.89. The maximum atomic E-state index is 9.12. The maximum absolute atomic E-state index is 9.12. The number of rotatable bonds is 4. The quantitative estimate of drug-likeness (QED) is 0.888. The highest BCUT2D eigenvalue weighted by Gasteiger charge is 2.15.